The van der Waals surface area contributed by atoms with E-state index in [1.54, 1.807) is 0 Å². The van der Waals surface area contributed by atoms with E-state index in [4.69, 9.17) is 18.9 Å². The van der Waals surface area contributed by atoms with Gasteiger partial charge in [-0.25, -0.2) is 0 Å². The van der Waals surface area contributed by atoms with Crippen molar-refractivity contribution in [1.29, 1.82) is 0 Å². The van der Waals surface area contributed by atoms with Gasteiger partial charge in [0.15, 0.2) is 6.29 Å². The van der Waals surface area contributed by atoms with Gasteiger partial charge in [-0.3, -0.25) is 0 Å². The van der Waals surface area contributed by atoms with Gasteiger partial charge >= 0.3 is 0 Å². The molecule has 0 bridgehead atoms. The van der Waals surface area contributed by atoms with Crippen molar-refractivity contribution in [3.8, 4) is 0 Å². The zero-order valence-corrected chi connectivity index (χ0v) is 13.6. The normalized spacial score (nSPS) is 45.3. The average molecular weight is 366 g/mol. The first-order valence-corrected chi connectivity index (χ1v) is 8.03. The molecule has 0 aromatic heterocycles. The van der Waals surface area contributed by atoms with Crippen molar-refractivity contribution in [3.63, 3.8) is 0 Å². The third kappa shape index (κ3) is 4.55. The minimum absolute atomic E-state index is 0.0121. The summed E-state index contributed by atoms with van der Waals surface area (Å²) in [4.78, 5) is 0. The third-order valence-electron chi connectivity index (χ3n) is 4.31. The van der Waals surface area contributed by atoms with Crippen LogP contribution in [-0.4, -0.2) is 112 Å². The van der Waals surface area contributed by atoms with E-state index in [2.05, 4.69) is 6.58 Å². The molecule has 2 saturated heterocycles. The molecule has 2 aliphatic heterocycles. The summed E-state index contributed by atoms with van der Waals surface area (Å²) in [6, 6.07) is 0. The van der Waals surface area contributed by atoms with Crippen LogP contribution in [0.5, 0.6) is 0 Å². The van der Waals surface area contributed by atoms with Crippen LogP contribution in [0.15, 0.2) is 12.7 Å². The standard InChI is InChI=1S/C15H26O10/c1-2-3-22-9-6-23-7(4-16)11(19)14(9)25-15-13(21)12(20)10(18)8(5-17)24-15/h2,7-21H,1,3-6H2/t7-,8-,9+,10+,11+,12+,13-,14-,15+/m1/s1. The Labute approximate surface area is 144 Å². The van der Waals surface area contributed by atoms with Gasteiger partial charge in [-0.1, -0.05) is 6.08 Å². The van der Waals surface area contributed by atoms with Crippen LogP contribution >= 0.6 is 0 Å². The molecule has 0 amide bonds. The number of rotatable bonds is 7. The lowest BCUT2D eigenvalue weighted by Gasteiger charge is -2.44. The largest absolute Gasteiger partial charge is 0.394 e. The zero-order valence-electron chi connectivity index (χ0n) is 13.6. The smallest absolute Gasteiger partial charge is 0.187 e. The molecular formula is C15H26O10. The molecule has 0 aromatic rings. The van der Waals surface area contributed by atoms with Gasteiger partial charge in [-0.15, -0.1) is 6.58 Å². The third-order valence-corrected chi connectivity index (χ3v) is 4.31. The van der Waals surface area contributed by atoms with Crippen LogP contribution in [0, 0.1) is 0 Å². The Kier molecular flexibility index (Phi) is 7.70. The lowest BCUT2D eigenvalue weighted by molar-refractivity contribution is -0.337. The number of hydrogen-bond donors (Lipinski definition) is 6. The lowest BCUT2D eigenvalue weighted by atomic mass is 9.97. The fourth-order valence-corrected chi connectivity index (χ4v) is 2.84. The fourth-order valence-electron chi connectivity index (χ4n) is 2.84. The molecule has 0 unspecified atom stereocenters. The fraction of sp³-hybridized carbons (Fsp3) is 0.867. The van der Waals surface area contributed by atoms with Gasteiger partial charge in [0.1, 0.15) is 48.8 Å². The molecule has 0 spiro atoms. The summed E-state index contributed by atoms with van der Waals surface area (Å²) in [5.74, 6) is 0. The molecule has 10 nitrogen and oxygen atoms in total. The van der Waals surface area contributed by atoms with E-state index in [1.807, 2.05) is 0 Å². The molecule has 6 N–H and O–H groups in total. The quantitative estimate of drug-likeness (QED) is 0.250. The lowest BCUT2D eigenvalue weighted by Crippen LogP contribution is -2.63. The molecule has 0 radical (unpaired) electrons. The van der Waals surface area contributed by atoms with Crippen molar-refractivity contribution in [1.82, 2.24) is 0 Å². The molecule has 10 heteroatoms. The van der Waals surface area contributed by atoms with Crippen molar-refractivity contribution in [2.75, 3.05) is 26.4 Å². The second-order valence-electron chi connectivity index (χ2n) is 6.00. The molecular weight excluding hydrogens is 340 g/mol. The summed E-state index contributed by atoms with van der Waals surface area (Å²) in [5.41, 5.74) is 0. The highest BCUT2D eigenvalue weighted by atomic mass is 16.7. The number of hydrogen-bond acceptors (Lipinski definition) is 10. The maximum absolute atomic E-state index is 10.3. The SMILES string of the molecule is C=CCO[C@H]1CO[C@H](CO)[C@H](O)[C@@H]1O[C@@H]1O[C@H](CO)[C@H](O)[C@H](O)[C@H]1O. The van der Waals surface area contributed by atoms with Gasteiger partial charge in [0, 0.05) is 0 Å². The van der Waals surface area contributed by atoms with Crippen molar-refractivity contribution in [3.05, 3.63) is 12.7 Å². The van der Waals surface area contributed by atoms with Crippen molar-refractivity contribution >= 4 is 0 Å². The second kappa shape index (κ2) is 9.33. The monoisotopic (exact) mass is 366 g/mol. The topological polar surface area (TPSA) is 158 Å². The number of aliphatic hydroxyl groups is 6. The summed E-state index contributed by atoms with van der Waals surface area (Å²) >= 11 is 0. The van der Waals surface area contributed by atoms with Gasteiger partial charge in [-0.2, -0.15) is 0 Å². The highest BCUT2D eigenvalue weighted by molar-refractivity contribution is 4.93. The van der Waals surface area contributed by atoms with Crippen molar-refractivity contribution in [2.24, 2.45) is 0 Å². The summed E-state index contributed by atoms with van der Waals surface area (Å²) in [5, 5.41) is 58.5. The Balaban J connectivity index is 2.12. The predicted molar refractivity (Wildman–Crippen MR) is 81.4 cm³/mol. The highest BCUT2D eigenvalue weighted by Gasteiger charge is 2.48. The van der Waals surface area contributed by atoms with Crippen molar-refractivity contribution in [2.45, 2.75) is 55.1 Å². The van der Waals surface area contributed by atoms with E-state index in [0.29, 0.717) is 0 Å². The van der Waals surface area contributed by atoms with Gasteiger partial charge < -0.3 is 49.6 Å². The van der Waals surface area contributed by atoms with E-state index in [9.17, 15) is 30.6 Å². The average Bonchev–Trinajstić information content (AvgIpc) is 2.62. The van der Waals surface area contributed by atoms with E-state index in [0.717, 1.165) is 0 Å². The Bertz CT molecular complexity index is 419. The van der Waals surface area contributed by atoms with Crippen LogP contribution in [0.1, 0.15) is 0 Å². The van der Waals surface area contributed by atoms with Crippen LogP contribution in [0.25, 0.3) is 0 Å². The van der Waals surface area contributed by atoms with Crippen LogP contribution in [-0.2, 0) is 18.9 Å². The second-order valence-corrected chi connectivity index (χ2v) is 6.00. The molecule has 2 fully saturated rings. The Morgan fingerprint density at radius 3 is 2.24 bits per heavy atom. The summed E-state index contributed by atoms with van der Waals surface area (Å²) < 4.78 is 21.7. The van der Waals surface area contributed by atoms with Gasteiger partial charge in [0.05, 0.1) is 26.4 Å². The summed E-state index contributed by atoms with van der Waals surface area (Å²) in [6.07, 6.45) is -9.80. The molecule has 0 aliphatic carbocycles. The van der Waals surface area contributed by atoms with E-state index in [-0.39, 0.29) is 13.2 Å². The van der Waals surface area contributed by atoms with Gasteiger partial charge in [0.2, 0.25) is 0 Å². The first-order valence-electron chi connectivity index (χ1n) is 8.03. The van der Waals surface area contributed by atoms with Crippen LogP contribution in [0.4, 0.5) is 0 Å². The molecule has 146 valence electrons. The maximum atomic E-state index is 10.3. The van der Waals surface area contributed by atoms with Crippen LogP contribution < -0.4 is 0 Å². The predicted octanol–water partition coefficient (Wildman–Crippen LogP) is -3.51. The Morgan fingerprint density at radius 2 is 1.64 bits per heavy atom. The van der Waals surface area contributed by atoms with E-state index < -0.39 is 68.3 Å². The minimum Gasteiger partial charge on any atom is -0.394 e. The zero-order chi connectivity index (χ0) is 18.6. The maximum Gasteiger partial charge on any atom is 0.187 e. The molecule has 25 heavy (non-hydrogen) atoms. The number of aliphatic hydroxyl groups excluding tert-OH is 6. The van der Waals surface area contributed by atoms with Crippen molar-refractivity contribution < 1.29 is 49.6 Å². The highest BCUT2D eigenvalue weighted by Crippen LogP contribution is 2.27. The van der Waals surface area contributed by atoms with Gasteiger partial charge in [0.25, 0.3) is 0 Å². The minimum atomic E-state index is -1.61. The Hall–Kier alpha value is -0.660. The molecule has 2 aliphatic rings. The number of ether oxygens (including phenoxy) is 4. The first kappa shape index (κ1) is 20.6. The summed E-state index contributed by atoms with van der Waals surface area (Å²) in [6.45, 7) is 2.63. The van der Waals surface area contributed by atoms with Crippen LogP contribution in [0.2, 0.25) is 0 Å². The van der Waals surface area contributed by atoms with Gasteiger partial charge in [-0.05, 0) is 0 Å². The molecule has 0 aromatic carbocycles. The molecule has 0 saturated carbocycles. The molecule has 9 atom stereocenters. The summed E-state index contributed by atoms with van der Waals surface area (Å²) in [7, 11) is 0. The van der Waals surface area contributed by atoms with Crippen LogP contribution in [0.3, 0.4) is 0 Å². The Morgan fingerprint density at radius 1 is 0.960 bits per heavy atom. The van der Waals surface area contributed by atoms with E-state index in [1.165, 1.54) is 6.08 Å². The first-order chi connectivity index (χ1) is 11.9. The molecule has 2 heterocycles. The van der Waals surface area contributed by atoms with E-state index >= 15 is 0 Å². The molecule has 2 rings (SSSR count).